The van der Waals surface area contributed by atoms with Crippen LogP contribution in [0.15, 0.2) is 12.1 Å². The van der Waals surface area contributed by atoms with Crippen LogP contribution in [0.3, 0.4) is 0 Å². The average molecular weight is 284 g/mol. The highest BCUT2D eigenvalue weighted by atomic mass is 16.6. The topological polar surface area (TPSA) is 96.2 Å². The maximum atomic E-state index is 10.9. The molecule has 1 aromatic rings. The number of non-ortho nitro benzene ring substituents is 1. The van der Waals surface area contributed by atoms with Crippen LogP contribution in [0.25, 0.3) is 0 Å². The fourth-order valence-corrected chi connectivity index (χ4v) is 2.30. The van der Waals surface area contributed by atoms with Gasteiger partial charge in [-0.15, -0.1) is 0 Å². The highest BCUT2D eigenvalue weighted by molar-refractivity contribution is 5.68. The molecular formula is C15H16N4O2. The van der Waals surface area contributed by atoms with Crippen molar-refractivity contribution in [2.45, 2.75) is 19.3 Å². The molecule has 0 aliphatic carbocycles. The molecule has 1 aliphatic rings. The number of nitro benzene ring substituents is 1. The molecule has 0 bridgehead atoms. The Hall–Kier alpha value is -2.57. The van der Waals surface area contributed by atoms with Crippen LogP contribution < -0.4 is 5.73 Å². The van der Waals surface area contributed by atoms with Gasteiger partial charge in [0.1, 0.15) is 6.07 Å². The summed E-state index contributed by atoms with van der Waals surface area (Å²) in [5, 5.41) is 19.8. The van der Waals surface area contributed by atoms with E-state index in [1.54, 1.807) is 0 Å². The standard InChI is InChI=1S/C15H16N4O2/c16-11-13-10-14(19(20)21)9-12(15(13)17)5-4-8-18-6-2-1-3-7-18/h9-10H,1-3,6-8,17H2. The number of anilines is 1. The van der Waals surface area contributed by atoms with Gasteiger partial charge in [-0.3, -0.25) is 15.0 Å². The molecule has 0 radical (unpaired) electrons. The Morgan fingerprint density at radius 2 is 1.95 bits per heavy atom. The Balaban J connectivity index is 2.21. The first-order valence-corrected chi connectivity index (χ1v) is 6.81. The van der Waals surface area contributed by atoms with Gasteiger partial charge in [-0.05, 0) is 25.9 Å². The third kappa shape index (κ3) is 3.71. The summed E-state index contributed by atoms with van der Waals surface area (Å²) in [6, 6.07) is 4.35. The lowest BCUT2D eigenvalue weighted by molar-refractivity contribution is -0.384. The van der Waals surface area contributed by atoms with Gasteiger partial charge in [-0.25, -0.2) is 0 Å². The maximum Gasteiger partial charge on any atom is 0.272 e. The van der Waals surface area contributed by atoms with Crippen LogP contribution in [0, 0.1) is 33.3 Å². The van der Waals surface area contributed by atoms with E-state index < -0.39 is 4.92 Å². The Kier molecular flexibility index (Phi) is 4.76. The molecule has 1 aromatic carbocycles. The van der Waals surface area contributed by atoms with E-state index in [0.717, 1.165) is 13.1 Å². The molecule has 1 fully saturated rings. The lowest BCUT2D eigenvalue weighted by Crippen LogP contribution is -2.29. The second kappa shape index (κ2) is 6.74. The molecule has 21 heavy (non-hydrogen) atoms. The number of nitrogens with zero attached hydrogens (tertiary/aromatic N) is 3. The number of nitrogens with two attached hydrogens (primary N) is 1. The van der Waals surface area contributed by atoms with Gasteiger partial charge >= 0.3 is 0 Å². The van der Waals surface area contributed by atoms with Gasteiger partial charge < -0.3 is 5.73 Å². The molecule has 2 N–H and O–H groups in total. The Labute approximate surface area is 123 Å². The minimum absolute atomic E-state index is 0.0893. The van der Waals surface area contributed by atoms with Gasteiger partial charge in [-0.1, -0.05) is 18.3 Å². The van der Waals surface area contributed by atoms with Crippen LogP contribution in [0.1, 0.15) is 30.4 Å². The summed E-state index contributed by atoms with van der Waals surface area (Å²) in [5.74, 6) is 5.85. The smallest absolute Gasteiger partial charge is 0.272 e. The predicted molar refractivity (Wildman–Crippen MR) is 79.4 cm³/mol. The second-order valence-corrected chi connectivity index (χ2v) is 4.96. The molecule has 1 heterocycles. The molecule has 0 spiro atoms. The largest absolute Gasteiger partial charge is 0.397 e. The van der Waals surface area contributed by atoms with Gasteiger partial charge in [0.25, 0.3) is 5.69 Å². The van der Waals surface area contributed by atoms with Crippen molar-refractivity contribution in [3.05, 3.63) is 33.4 Å². The zero-order valence-electron chi connectivity index (χ0n) is 11.6. The van der Waals surface area contributed by atoms with Crippen molar-refractivity contribution < 1.29 is 4.92 Å². The molecule has 0 aromatic heterocycles. The van der Waals surface area contributed by atoms with Crippen molar-refractivity contribution in [2.75, 3.05) is 25.4 Å². The first-order chi connectivity index (χ1) is 10.1. The van der Waals surface area contributed by atoms with E-state index in [2.05, 4.69) is 16.7 Å². The molecule has 0 amide bonds. The van der Waals surface area contributed by atoms with Crippen LogP contribution in [0.5, 0.6) is 0 Å². The van der Waals surface area contributed by atoms with Crippen LogP contribution in [0.2, 0.25) is 0 Å². The van der Waals surface area contributed by atoms with Gasteiger partial charge in [-0.2, -0.15) is 5.26 Å². The van der Waals surface area contributed by atoms with Crippen molar-refractivity contribution in [2.24, 2.45) is 0 Å². The summed E-state index contributed by atoms with van der Waals surface area (Å²) in [4.78, 5) is 12.6. The highest BCUT2D eigenvalue weighted by Gasteiger charge is 2.13. The number of nitriles is 1. The first-order valence-electron chi connectivity index (χ1n) is 6.81. The molecule has 108 valence electrons. The molecule has 0 atom stereocenters. The minimum Gasteiger partial charge on any atom is -0.397 e. The van der Waals surface area contributed by atoms with E-state index in [1.165, 1.54) is 31.4 Å². The van der Waals surface area contributed by atoms with Crippen molar-refractivity contribution in [1.29, 1.82) is 5.26 Å². The summed E-state index contributed by atoms with van der Waals surface area (Å²) in [7, 11) is 0. The van der Waals surface area contributed by atoms with Gasteiger partial charge in [0.2, 0.25) is 0 Å². The number of benzene rings is 1. The minimum atomic E-state index is -0.546. The number of likely N-dealkylation sites (tertiary alicyclic amines) is 1. The Morgan fingerprint density at radius 3 is 2.57 bits per heavy atom. The number of nitro groups is 1. The van der Waals surface area contributed by atoms with Gasteiger partial charge in [0, 0.05) is 12.1 Å². The number of hydrogen-bond acceptors (Lipinski definition) is 5. The summed E-state index contributed by atoms with van der Waals surface area (Å²) < 4.78 is 0. The lowest BCUT2D eigenvalue weighted by atomic mass is 10.1. The van der Waals surface area contributed by atoms with Crippen LogP contribution >= 0.6 is 0 Å². The molecule has 0 saturated carbocycles. The van der Waals surface area contributed by atoms with Gasteiger partial charge in [0.05, 0.1) is 28.3 Å². The molecule has 6 nitrogen and oxygen atoms in total. The second-order valence-electron chi connectivity index (χ2n) is 4.96. The third-order valence-electron chi connectivity index (χ3n) is 3.47. The molecular weight excluding hydrogens is 268 g/mol. The number of piperidine rings is 1. The highest BCUT2D eigenvalue weighted by Crippen LogP contribution is 2.23. The first kappa shape index (κ1) is 14.8. The SMILES string of the molecule is N#Cc1cc([N+](=O)[O-])cc(C#CCN2CCCCC2)c1N. The van der Waals surface area contributed by atoms with Crippen LogP contribution in [-0.2, 0) is 0 Å². The fourth-order valence-electron chi connectivity index (χ4n) is 2.30. The van der Waals surface area contributed by atoms with Crippen LogP contribution in [0.4, 0.5) is 11.4 Å². The van der Waals surface area contributed by atoms with Crippen molar-refractivity contribution in [3.8, 4) is 17.9 Å². The lowest BCUT2D eigenvalue weighted by Gasteiger charge is -2.23. The summed E-state index contributed by atoms with van der Waals surface area (Å²) in [6.45, 7) is 2.68. The zero-order chi connectivity index (χ0) is 15.2. The Bertz CT molecular complexity index is 646. The quantitative estimate of drug-likeness (QED) is 0.387. The third-order valence-corrected chi connectivity index (χ3v) is 3.47. The van der Waals surface area contributed by atoms with E-state index in [4.69, 9.17) is 11.0 Å². The van der Waals surface area contributed by atoms with E-state index in [0.29, 0.717) is 12.1 Å². The monoisotopic (exact) mass is 284 g/mol. The normalized spacial score (nSPS) is 14.8. The molecule has 0 unspecified atom stereocenters. The summed E-state index contributed by atoms with van der Waals surface area (Å²) in [6.07, 6.45) is 3.62. The summed E-state index contributed by atoms with van der Waals surface area (Å²) >= 11 is 0. The van der Waals surface area contributed by atoms with Gasteiger partial charge in [0.15, 0.2) is 0 Å². The molecule has 1 aliphatic heterocycles. The average Bonchev–Trinajstić information content (AvgIpc) is 2.49. The number of rotatable bonds is 2. The fraction of sp³-hybridized carbons (Fsp3) is 0.400. The van der Waals surface area contributed by atoms with E-state index in [-0.39, 0.29) is 16.9 Å². The van der Waals surface area contributed by atoms with E-state index in [9.17, 15) is 10.1 Å². The molecule has 1 saturated heterocycles. The van der Waals surface area contributed by atoms with Crippen molar-refractivity contribution in [1.82, 2.24) is 4.90 Å². The predicted octanol–water partition coefficient (Wildman–Crippen LogP) is 1.89. The van der Waals surface area contributed by atoms with Crippen LogP contribution in [-0.4, -0.2) is 29.5 Å². The Morgan fingerprint density at radius 1 is 1.29 bits per heavy atom. The molecule has 6 heteroatoms. The maximum absolute atomic E-state index is 10.9. The van der Waals surface area contributed by atoms with Crippen molar-refractivity contribution >= 4 is 11.4 Å². The van der Waals surface area contributed by atoms with Crippen molar-refractivity contribution in [3.63, 3.8) is 0 Å². The number of nitrogen functional groups attached to an aromatic ring is 1. The van der Waals surface area contributed by atoms with E-state index >= 15 is 0 Å². The number of hydrogen-bond donors (Lipinski definition) is 1. The molecule has 2 rings (SSSR count). The zero-order valence-corrected chi connectivity index (χ0v) is 11.6. The van der Waals surface area contributed by atoms with E-state index in [1.807, 2.05) is 6.07 Å². The summed E-state index contributed by atoms with van der Waals surface area (Å²) in [5.41, 5.74) is 6.29.